The maximum atomic E-state index is 5.53. The molecule has 0 aromatic heterocycles. The zero-order valence-corrected chi connectivity index (χ0v) is 10.2. The molecule has 1 unspecified atom stereocenters. The predicted molar refractivity (Wildman–Crippen MR) is 62.6 cm³/mol. The fourth-order valence-corrected chi connectivity index (χ4v) is 2.54. The molecule has 1 heterocycles. The molecule has 0 amide bonds. The number of likely N-dealkylation sites (tertiary alicyclic amines) is 1. The third-order valence-electron chi connectivity index (χ3n) is 2.62. The molecule has 1 atom stereocenters. The number of piperidine rings is 1. The van der Waals surface area contributed by atoms with Crippen LogP contribution in [0.5, 0.6) is 0 Å². The van der Waals surface area contributed by atoms with Gasteiger partial charge in [0.1, 0.15) is 0 Å². The molecule has 13 heavy (non-hydrogen) atoms. The van der Waals surface area contributed by atoms with E-state index in [1.807, 2.05) is 6.08 Å². The second kappa shape index (κ2) is 6.86. The topological polar surface area (TPSA) is 3.24 Å². The number of alkyl halides is 1. The first-order chi connectivity index (χ1) is 6.38. The Kier molecular flexibility index (Phi) is 6.09. The summed E-state index contributed by atoms with van der Waals surface area (Å²) in [5.74, 6) is 0. The molecule has 3 heteroatoms. The SMILES string of the molecule is Cl/C=C/CN1CCCCC1CCBr. The van der Waals surface area contributed by atoms with Gasteiger partial charge >= 0.3 is 0 Å². The van der Waals surface area contributed by atoms with Crippen molar-refractivity contribution in [2.45, 2.75) is 31.7 Å². The first-order valence-electron chi connectivity index (χ1n) is 4.93. The van der Waals surface area contributed by atoms with E-state index in [-0.39, 0.29) is 0 Å². The maximum Gasteiger partial charge on any atom is 0.0177 e. The van der Waals surface area contributed by atoms with E-state index in [9.17, 15) is 0 Å². The molecular formula is C10H17BrClN. The number of rotatable bonds is 4. The van der Waals surface area contributed by atoms with Crippen molar-refractivity contribution in [3.05, 3.63) is 11.6 Å². The summed E-state index contributed by atoms with van der Waals surface area (Å²) in [5, 5.41) is 1.11. The van der Waals surface area contributed by atoms with Gasteiger partial charge in [-0.15, -0.1) is 0 Å². The minimum absolute atomic E-state index is 0.765. The first-order valence-corrected chi connectivity index (χ1v) is 6.49. The Labute approximate surface area is 94.3 Å². The Morgan fingerprint density at radius 2 is 2.31 bits per heavy atom. The summed E-state index contributed by atoms with van der Waals surface area (Å²) in [7, 11) is 0. The van der Waals surface area contributed by atoms with Crippen molar-refractivity contribution < 1.29 is 0 Å². The number of hydrogen-bond donors (Lipinski definition) is 0. The quantitative estimate of drug-likeness (QED) is 0.705. The third-order valence-corrected chi connectivity index (χ3v) is 3.26. The predicted octanol–water partition coefficient (Wildman–Crippen LogP) is 3.38. The molecule has 0 aromatic carbocycles. The minimum Gasteiger partial charge on any atom is -0.297 e. The zero-order chi connectivity index (χ0) is 9.52. The molecule has 0 aromatic rings. The Morgan fingerprint density at radius 1 is 1.46 bits per heavy atom. The van der Waals surface area contributed by atoms with Crippen LogP contribution >= 0.6 is 27.5 Å². The molecule has 1 nitrogen and oxygen atoms in total. The molecule has 0 aliphatic carbocycles. The number of nitrogens with zero attached hydrogens (tertiary/aromatic N) is 1. The smallest absolute Gasteiger partial charge is 0.0177 e. The molecule has 0 bridgehead atoms. The van der Waals surface area contributed by atoms with E-state index in [1.165, 1.54) is 32.2 Å². The van der Waals surface area contributed by atoms with E-state index < -0.39 is 0 Å². The molecule has 0 radical (unpaired) electrons. The lowest BCUT2D eigenvalue weighted by atomic mass is 10.0. The van der Waals surface area contributed by atoms with Crippen molar-refractivity contribution in [3.63, 3.8) is 0 Å². The molecule has 1 saturated heterocycles. The highest BCUT2D eigenvalue weighted by Gasteiger charge is 2.19. The third kappa shape index (κ3) is 4.01. The molecule has 1 rings (SSSR count). The van der Waals surface area contributed by atoms with Gasteiger partial charge in [0.25, 0.3) is 0 Å². The fraction of sp³-hybridized carbons (Fsp3) is 0.800. The van der Waals surface area contributed by atoms with E-state index in [4.69, 9.17) is 11.6 Å². The zero-order valence-electron chi connectivity index (χ0n) is 7.88. The molecule has 76 valence electrons. The average molecular weight is 267 g/mol. The highest BCUT2D eigenvalue weighted by molar-refractivity contribution is 9.09. The van der Waals surface area contributed by atoms with Gasteiger partial charge in [-0.05, 0) is 25.8 Å². The second-order valence-corrected chi connectivity index (χ2v) is 4.53. The van der Waals surface area contributed by atoms with Gasteiger partial charge in [0.05, 0.1) is 0 Å². The van der Waals surface area contributed by atoms with Crippen LogP contribution in [0.15, 0.2) is 11.6 Å². The van der Waals surface area contributed by atoms with Crippen LogP contribution in [0.2, 0.25) is 0 Å². The summed E-state index contributed by atoms with van der Waals surface area (Å²) in [6, 6.07) is 0.765. The van der Waals surface area contributed by atoms with Gasteiger partial charge in [0.15, 0.2) is 0 Å². The van der Waals surface area contributed by atoms with Gasteiger partial charge in [-0.2, -0.15) is 0 Å². The van der Waals surface area contributed by atoms with Crippen LogP contribution in [0.3, 0.4) is 0 Å². The van der Waals surface area contributed by atoms with Gasteiger partial charge in [-0.1, -0.05) is 40.0 Å². The second-order valence-electron chi connectivity index (χ2n) is 3.48. The highest BCUT2D eigenvalue weighted by Crippen LogP contribution is 2.19. The molecule has 1 aliphatic rings. The van der Waals surface area contributed by atoms with E-state index in [2.05, 4.69) is 20.8 Å². The number of hydrogen-bond acceptors (Lipinski definition) is 1. The normalized spacial score (nSPS) is 25.5. The Bertz CT molecular complexity index is 159. The standard InChI is InChI=1S/C10H17BrClN/c11-6-5-10-4-1-2-8-13(10)9-3-7-12/h3,7,10H,1-2,4-6,8-9H2/b7-3+. The van der Waals surface area contributed by atoms with Crippen LogP contribution < -0.4 is 0 Å². The monoisotopic (exact) mass is 265 g/mol. The van der Waals surface area contributed by atoms with Gasteiger partial charge in [0.2, 0.25) is 0 Å². The van der Waals surface area contributed by atoms with Crippen LogP contribution in [-0.4, -0.2) is 29.4 Å². The van der Waals surface area contributed by atoms with Gasteiger partial charge in [-0.25, -0.2) is 0 Å². The molecule has 1 aliphatic heterocycles. The Hall–Kier alpha value is 0.470. The van der Waals surface area contributed by atoms with Gasteiger partial charge in [-0.3, -0.25) is 4.90 Å². The van der Waals surface area contributed by atoms with Crippen molar-refractivity contribution in [2.24, 2.45) is 0 Å². The van der Waals surface area contributed by atoms with Crippen molar-refractivity contribution in [1.29, 1.82) is 0 Å². The summed E-state index contributed by atoms with van der Waals surface area (Å²) in [4.78, 5) is 2.53. The van der Waals surface area contributed by atoms with E-state index >= 15 is 0 Å². The van der Waals surface area contributed by atoms with Crippen molar-refractivity contribution in [2.75, 3.05) is 18.4 Å². The molecule has 0 saturated carbocycles. The first kappa shape index (κ1) is 11.5. The maximum absolute atomic E-state index is 5.53. The Balaban J connectivity index is 2.36. The number of halogens is 2. The van der Waals surface area contributed by atoms with Crippen molar-refractivity contribution in [1.82, 2.24) is 4.90 Å². The summed E-state index contributed by atoms with van der Waals surface area (Å²) < 4.78 is 0. The minimum atomic E-state index is 0.765. The van der Waals surface area contributed by atoms with Crippen LogP contribution in [0.1, 0.15) is 25.7 Å². The molecule has 0 spiro atoms. The van der Waals surface area contributed by atoms with Crippen LogP contribution in [0.25, 0.3) is 0 Å². The molecule has 0 N–H and O–H groups in total. The lowest BCUT2D eigenvalue weighted by Crippen LogP contribution is -2.39. The summed E-state index contributed by atoms with van der Waals surface area (Å²) >= 11 is 9.04. The van der Waals surface area contributed by atoms with Crippen molar-refractivity contribution >= 4 is 27.5 Å². The van der Waals surface area contributed by atoms with Gasteiger partial charge < -0.3 is 0 Å². The summed E-state index contributed by atoms with van der Waals surface area (Å²) in [6.07, 6.45) is 7.37. The lowest BCUT2D eigenvalue weighted by Gasteiger charge is -2.34. The van der Waals surface area contributed by atoms with Crippen molar-refractivity contribution in [3.8, 4) is 0 Å². The van der Waals surface area contributed by atoms with Crippen LogP contribution in [0, 0.1) is 0 Å². The largest absolute Gasteiger partial charge is 0.297 e. The summed E-state index contributed by atoms with van der Waals surface area (Å²) in [5.41, 5.74) is 1.62. The summed E-state index contributed by atoms with van der Waals surface area (Å²) in [6.45, 7) is 2.25. The van der Waals surface area contributed by atoms with Crippen LogP contribution in [0.4, 0.5) is 0 Å². The average Bonchev–Trinajstić information content (AvgIpc) is 2.17. The lowest BCUT2D eigenvalue weighted by molar-refractivity contribution is 0.162. The molecular weight excluding hydrogens is 249 g/mol. The fourth-order valence-electron chi connectivity index (χ4n) is 1.93. The van der Waals surface area contributed by atoms with E-state index in [0.29, 0.717) is 0 Å². The van der Waals surface area contributed by atoms with Gasteiger partial charge in [0, 0.05) is 23.5 Å². The Morgan fingerprint density at radius 3 is 3.00 bits per heavy atom. The highest BCUT2D eigenvalue weighted by atomic mass is 79.9. The van der Waals surface area contributed by atoms with Crippen LogP contribution in [-0.2, 0) is 0 Å². The molecule has 1 fully saturated rings. The van der Waals surface area contributed by atoms with E-state index in [0.717, 1.165) is 17.9 Å². The van der Waals surface area contributed by atoms with E-state index in [1.54, 1.807) is 5.54 Å².